The summed E-state index contributed by atoms with van der Waals surface area (Å²) in [4.78, 5) is 2.09. The first-order chi connectivity index (χ1) is 7.91. The second-order valence-electron chi connectivity index (χ2n) is 4.76. The van der Waals surface area contributed by atoms with E-state index < -0.39 is 0 Å². The summed E-state index contributed by atoms with van der Waals surface area (Å²) in [5.74, 6) is 0.254. The van der Waals surface area contributed by atoms with E-state index in [9.17, 15) is 10.2 Å². The third-order valence-electron chi connectivity index (χ3n) is 2.67. The molecule has 17 heavy (non-hydrogen) atoms. The van der Waals surface area contributed by atoms with Crippen LogP contribution in [-0.2, 0) is 0 Å². The second kappa shape index (κ2) is 5.89. The molecule has 3 N–H and O–H groups in total. The van der Waals surface area contributed by atoms with Crippen LogP contribution in [0.4, 0.5) is 0 Å². The number of nitrogens with zero attached hydrogens (tertiary/aromatic N) is 1. The van der Waals surface area contributed by atoms with Gasteiger partial charge < -0.3 is 20.4 Å². The van der Waals surface area contributed by atoms with Crippen LogP contribution in [0.5, 0.6) is 11.5 Å². The molecule has 0 aliphatic rings. The van der Waals surface area contributed by atoms with Gasteiger partial charge in [-0.15, -0.1) is 0 Å². The molecule has 0 saturated heterocycles. The first-order valence-corrected chi connectivity index (χ1v) is 5.83. The Bertz CT molecular complexity index is 346. The number of hydrogen-bond acceptors (Lipinski definition) is 4. The number of phenols is 2. The Morgan fingerprint density at radius 2 is 1.71 bits per heavy atom. The maximum atomic E-state index is 9.75. The van der Waals surface area contributed by atoms with Gasteiger partial charge in [-0.05, 0) is 40.1 Å². The maximum absolute atomic E-state index is 9.75. The molecule has 0 aliphatic carbocycles. The fourth-order valence-electron chi connectivity index (χ4n) is 2.10. The van der Waals surface area contributed by atoms with Crippen molar-refractivity contribution < 1.29 is 10.2 Å². The van der Waals surface area contributed by atoms with E-state index in [0.29, 0.717) is 5.56 Å². The van der Waals surface area contributed by atoms with Crippen LogP contribution >= 0.6 is 0 Å². The van der Waals surface area contributed by atoms with Crippen molar-refractivity contribution in [3.63, 3.8) is 0 Å². The normalized spacial score (nSPS) is 14.9. The average molecular weight is 238 g/mol. The van der Waals surface area contributed by atoms with E-state index in [1.54, 1.807) is 18.2 Å². The number of likely N-dealkylation sites (N-methyl/N-ethyl adjacent to an activating group) is 1. The fourth-order valence-corrected chi connectivity index (χ4v) is 2.10. The third kappa shape index (κ3) is 3.91. The van der Waals surface area contributed by atoms with Gasteiger partial charge in [0.1, 0.15) is 11.5 Å². The van der Waals surface area contributed by atoms with Crippen LogP contribution in [0.25, 0.3) is 0 Å². The Morgan fingerprint density at radius 3 is 2.18 bits per heavy atom. The van der Waals surface area contributed by atoms with Crippen molar-refractivity contribution in [2.75, 3.05) is 20.6 Å². The van der Waals surface area contributed by atoms with Gasteiger partial charge in [0.05, 0.1) is 5.56 Å². The highest BCUT2D eigenvalue weighted by molar-refractivity contribution is 5.44. The predicted octanol–water partition coefficient (Wildman–Crippen LogP) is 1.70. The number of nitrogens with one attached hydrogen (secondary N) is 1. The van der Waals surface area contributed by atoms with E-state index >= 15 is 0 Å². The molecule has 0 aliphatic heterocycles. The Labute approximate surface area is 103 Å². The first-order valence-electron chi connectivity index (χ1n) is 5.83. The minimum atomic E-state index is -0.0915. The lowest BCUT2D eigenvalue weighted by atomic mass is 10.0. The molecule has 96 valence electrons. The van der Waals surface area contributed by atoms with E-state index in [-0.39, 0.29) is 23.6 Å². The minimum Gasteiger partial charge on any atom is -0.507 e. The molecule has 2 unspecified atom stereocenters. The number of benzene rings is 1. The van der Waals surface area contributed by atoms with Gasteiger partial charge in [-0.3, -0.25) is 0 Å². The van der Waals surface area contributed by atoms with Gasteiger partial charge in [0.25, 0.3) is 0 Å². The molecule has 0 bridgehead atoms. The molecule has 4 nitrogen and oxygen atoms in total. The molecule has 1 rings (SSSR count). The van der Waals surface area contributed by atoms with Crippen LogP contribution in [0.3, 0.4) is 0 Å². The first kappa shape index (κ1) is 13.8. The minimum absolute atomic E-state index is 0.0915. The Kier molecular flexibility index (Phi) is 4.78. The van der Waals surface area contributed by atoms with Gasteiger partial charge in [0, 0.05) is 18.6 Å². The lowest BCUT2D eigenvalue weighted by Crippen LogP contribution is -2.37. The summed E-state index contributed by atoms with van der Waals surface area (Å²) in [6.07, 6.45) is 0. The van der Waals surface area contributed by atoms with Crippen LogP contribution in [-0.4, -0.2) is 41.8 Å². The molecular formula is C13H22N2O2. The molecule has 0 amide bonds. The summed E-state index contributed by atoms with van der Waals surface area (Å²) in [5.41, 5.74) is 0.554. The second-order valence-corrected chi connectivity index (χ2v) is 4.76. The van der Waals surface area contributed by atoms with Gasteiger partial charge in [-0.1, -0.05) is 6.07 Å². The predicted molar refractivity (Wildman–Crippen MR) is 69.3 cm³/mol. The van der Waals surface area contributed by atoms with Crippen molar-refractivity contribution in [3.8, 4) is 11.5 Å². The Morgan fingerprint density at radius 1 is 1.18 bits per heavy atom. The number of rotatable bonds is 5. The SMILES string of the molecule is CC(CN(C)C)NC(C)c1c(O)cccc1O. The smallest absolute Gasteiger partial charge is 0.124 e. The highest BCUT2D eigenvalue weighted by atomic mass is 16.3. The standard InChI is InChI=1S/C13H22N2O2/c1-9(8-15(3)4)14-10(2)13-11(16)6-5-7-12(13)17/h5-7,9-10,14,16-17H,8H2,1-4H3. The Hall–Kier alpha value is -1.26. The van der Waals surface area contributed by atoms with Crippen molar-refractivity contribution in [2.45, 2.75) is 25.9 Å². The topological polar surface area (TPSA) is 55.7 Å². The molecule has 2 atom stereocenters. The van der Waals surface area contributed by atoms with Gasteiger partial charge >= 0.3 is 0 Å². The van der Waals surface area contributed by atoms with Crippen LogP contribution < -0.4 is 5.32 Å². The highest BCUT2D eigenvalue weighted by Gasteiger charge is 2.16. The number of hydrogen-bond donors (Lipinski definition) is 3. The summed E-state index contributed by atoms with van der Waals surface area (Å²) in [5, 5.41) is 22.8. The fraction of sp³-hybridized carbons (Fsp3) is 0.538. The summed E-state index contributed by atoms with van der Waals surface area (Å²) < 4.78 is 0. The maximum Gasteiger partial charge on any atom is 0.124 e. The van der Waals surface area contributed by atoms with Crippen molar-refractivity contribution in [2.24, 2.45) is 0 Å². The van der Waals surface area contributed by atoms with Crippen LogP contribution in [0.2, 0.25) is 0 Å². The molecular weight excluding hydrogens is 216 g/mol. The summed E-state index contributed by atoms with van der Waals surface area (Å²) in [6, 6.07) is 4.99. The van der Waals surface area contributed by atoms with Crippen molar-refractivity contribution in [1.29, 1.82) is 0 Å². The molecule has 0 fully saturated rings. The summed E-state index contributed by atoms with van der Waals surface area (Å²) in [6.45, 7) is 4.91. The van der Waals surface area contributed by atoms with Crippen molar-refractivity contribution in [1.82, 2.24) is 10.2 Å². The van der Waals surface area contributed by atoms with Gasteiger partial charge in [0.2, 0.25) is 0 Å². The van der Waals surface area contributed by atoms with Crippen LogP contribution in [0.15, 0.2) is 18.2 Å². The molecule has 0 spiro atoms. The van der Waals surface area contributed by atoms with Crippen LogP contribution in [0.1, 0.15) is 25.5 Å². The zero-order valence-corrected chi connectivity index (χ0v) is 10.9. The van der Waals surface area contributed by atoms with Crippen molar-refractivity contribution in [3.05, 3.63) is 23.8 Å². The largest absolute Gasteiger partial charge is 0.507 e. The lowest BCUT2D eigenvalue weighted by molar-refractivity contribution is 0.328. The molecule has 0 saturated carbocycles. The molecule has 1 aromatic rings. The third-order valence-corrected chi connectivity index (χ3v) is 2.67. The van der Waals surface area contributed by atoms with E-state index in [4.69, 9.17) is 0 Å². The van der Waals surface area contributed by atoms with E-state index in [0.717, 1.165) is 6.54 Å². The Balaban J connectivity index is 2.73. The zero-order valence-electron chi connectivity index (χ0n) is 10.9. The monoisotopic (exact) mass is 238 g/mol. The molecule has 4 heteroatoms. The molecule has 1 aromatic carbocycles. The highest BCUT2D eigenvalue weighted by Crippen LogP contribution is 2.32. The van der Waals surface area contributed by atoms with E-state index in [2.05, 4.69) is 17.1 Å². The van der Waals surface area contributed by atoms with E-state index in [1.165, 1.54) is 0 Å². The average Bonchev–Trinajstić information content (AvgIpc) is 2.15. The van der Waals surface area contributed by atoms with Gasteiger partial charge in [-0.2, -0.15) is 0 Å². The number of aromatic hydroxyl groups is 2. The quantitative estimate of drug-likeness (QED) is 0.731. The summed E-state index contributed by atoms with van der Waals surface area (Å²) in [7, 11) is 4.03. The number of phenolic OH excluding ortho intramolecular Hbond substituents is 2. The van der Waals surface area contributed by atoms with Crippen molar-refractivity contribution >= 4 is 0 Å². The molecule has 0 heterocycles. The summed E-state index contributed by atoms with van der Waals surface area (Å²) >= 11 is 0. The van der Waals surface area contributed by atoms with Gasteiger partial charge in [-0.25, -0.2) is 0 Å². The van der Waals surface area contributed by atoms with Gasteiger partial charge in [0.15, 0.2) is 0 Å². The van der Waals surface area contributed by atoms with Crippen LogP contribution in [0, 0.1) is 0 Å². The molecule has 0 radical (unpaired) electrons. The zero-order chi connectivity index (χ0) is 13.0. The lowest BCUT2D eigenvalue weighted by Gasteiger charge is -2.24. The van der Waals surface area contributed by atoms with E-state index in [1.807, 2.05) is 21.0 Å². The molecule has 0 aromatic heterocycles.